The predicted octanol–water partition coefficient (Wildman–Crippen LogP) is 1.72. The molecule has 6 nitrogen and oxygen atoms in total. The first-order valence-corrected chi connectivity index (χ1v) is 6.98. The van der Waals surface area contributed by atoms with Crippen molar-refractivity contribution in [2.75, 3.05) is 17.3 Å². The molecule has 0 fully saturated rings. The maximum absolute atomic E-state index is 9.79. The topological polar surface area (TPSA) is 96.1 Å². The number of anilines is 2. The van der Waals surface area contributed by atoms with Crippen LogP contribution < -0.4 is 16.6 Å². The molecule has 0 radical (unpaired) electrons. The van der Waals surface area contributed by atoms with Gasteiger partial charge in [0, 0.05) is 11.4 Å². The number of thiophene rings is 1. The van der Waals surface area contributed by atoms with Gasteiger partial charge in [0.2, 0.25) is 5.95 Å². The third-order valence-corrected chi connectivity index (χ3v) is 3.78. The summed E-state index contributed by atoms with van der Waals surface area (Å²) < 4.78 is 0. The number of aromatic nitrogens is 2. The molecule has 2 aromatic rings. The summed E-state index contributed by atoms with van der Waals surface area (Å²) in [6.07, 6.45) is 0.956. The number of nitrogens with two attached hydrogens (primary N) is 1. The second kappa shape index (κ2) is 5.28. The minimum absolute atomic E-state index is 0.371. The molecule has 0 saturated carbocycles. The lowest BCUT2D eigenvalue weighted by Crippen LogP contribution is -2.29. The van der Waals surface area contributed by atoms with Gasteiger partial charge in [0.25, 0.3) is 0 Å². The van der Waals surface area contributed by atoms with E-state index < -0.39 is 5.60 Å². The monoisotopic (exact) mass is 281 g/mol. The van der Waals surface area contributed by atoms with Crippen molar-refractivity contribution in [3.8, 4) is 0 Å². The quantitative estimate of drug-likeness (QED) is 0.492. The van der Waals surface area contributed by atoms with Gasteiger partial charge >= 0.3 is 0 Å². The van der Waals surface area contributed by atoms with Crippen LogP contribution in [0, 0.1) is 0 Å². The van der Waals surface area contributed by atoms with Gasteiger partial charge in [-0.15, -0.1) is 11.3 Å². The molecular formula is C12H19N5OS. The number of nitrogens with zero attached hydrogens (tertiary/aromatic N) is 2. The van der Waals surface area contributed by atoms with Crippen molar-refractivity contribution in [3.63, 3.8) is 0 Å². The zero-order valence-electron chi connectivity index (χ0n) is 11.3. The number of rotatable bonds is 5. The number of aryl methyl sites for hydroxylation is 1. The van der Waals surface area contributed by atoms with Gasteiger partial charge < -0.3 is 10.4 Å². The molecule has 2 aromatic heterocycles. The zero-order valence-corrected chi connectivity index (χ0v) is 12.1. The SMILES string of the molecule is CCc1cc2c(NCC(C)(C)O)nc(NN)nc2s1. The van der Waals surface area contributed by atoms with Gasteiger partial charge in [-0.2, -0.15) is 4.98 Å². The first kappa shape index (κ1) is 14.0. The molecule has 104 valence electrons. The summed E-state index contributed by atoms with van der Waals surface area (Å²) in [6.45, 7) is 5.99. The fourth-order valence-corrected chi connectivity index (χ4v) is 2.61. The van der Waals surface area contributed by atoms with Crippen LogP contribution in [0.2, 0.25) is 0 Å². The Morgan fingerprint density at radius 1 is 1.42 bits per heavy atom. The molecule has 19 heavy (non-hydrogen) atoms. The Bertz CT molecular complexity index is 575. The number of fused-ring (bicyclic) bond motifs is 1. The lowest BCUT2D eigenvalue weighted by molar-refractivity contribution is 0.0944. The van der Waals surface area contributed by atoms with Crippen LogP contribution in [0.4, 0.5) is 11.8 Å². The highest BCUT2D eigenvalue weighted by Gasteiger charge is 2.15. The highest BCUT2D eigenvalue weighted by atomic mass is 32.1. The summed E-state index contributed by atoms with van der Waals surface area (Å²) in [5.41, 5.74) is 1.66. The molecule has 0 aliphatic rings. The molecule has 0 aliphatic carbocycles. The van der Waals surface area contributed by atoms with Gasteiger partial charge in [0.1, 0.15) is 10.6 Å². The van der Waals surface area contributed by atoms with Crippen molar-refractivity contribution in [3.05, 3.63) is 10.9 Å². The standard InChI is InChI=1S/C12H19N5OS/c1-4-7-5-8-9(14-6-12(2,3)18)15-11(17-13)16-10(8)19-7/h5,18H,4,6,13H2,1-3H3,(H2,14,15,16,17). The largest absolute Gasteiger partial charge is 0.389 e. The molecular weight excluding hydrogens is 262 g/mol. The van der Waals surface area contributed by atoms with Gasteiger partial charge in [-0.05, 0) is 26.3 Å². The number of hydrogen-bond donors (Lipinski definition) is 4. The number of nitrogens with one attached hydrogen (secondary N) is 2. The van der Waals surface area contributed by atoms with Crippen LogP contribution in [0.15, 0.2) is 6.07 Å². The van der Waals surface area contributed by atoms with Crippen LogP contribution in [0.5, 0.6) is 0 Å². The molecule has 0 saturated heterocycles. The maximum atomic E-state index is 9.79. The molecule has 0 spiro atoms. The molecule has 2 rings (SSSR count). The van der Waals surface area contributed by atoms with Crippen molar-refractivity contribution in [2.45, 2.75) is 32.8 Å². The number of aliphatic hydroxyl groups is 1. The van der Waals surface area contributed by atoms with E-state index in [1.165, 1.54) is 4.88 Å². The van der Waals surface area contributed by atoms with Gasteiger partial charge in [-0.3, -0.25) is 5.43 Å². The second-order valence-electron chi connectivity index (χ2n) is 4.99. The highest BCUT2D eigenvalue weighted by molar-refractivity contribution is 7.18. The van der Waals surface area contributed by atoms with E-state index in [1.807, 2.05) is 0 Å². The molecule has 0 amide bonds. The molecule has 0 aromatic carbocycles. The molecule has 0 atom stereocenters. The van der Waals surface area contributed by atoms with E-state index in [-0.39, 0.29) is 0 Å². The van der Waals surface area contributed by atoms with E-state index >= 15 is 0 Å². The van der Waals surface area contributed by atoms with Gasteiger partial charge in [0.05, 0.1) is 11.0 Å². The minimum Gasteiger partial charge on any atom is -0.389 e. The molecule has 0 bridgehead atoms. The van der Waals surface area contributed by atoms with Crippen LogP contribution in [-0.2, 0) is 6.42 Å². The lowest BCUT2D eigenvalue weighted by atomic mass is 10.1. The maximum Gasteiger partial charge on any atom is 0.240 e. The van der Waals surface area contributed by atoms with E-state index in [2.05, 4.69) is 33.7 Å². The fourth-order valence-electron chi connectivity index (χ4n) is 1.64. The first-order chi connectivity index (χ1) is 8.93. The highest BCUT2D eigenvalue weighted by Crippen LogP contribution is 2.30. The van der Waals surface area contributed by atoms with E-state index in [0.717, 1.165) is 16.6 Å². The average Bonchev–Trinajstić information content (AvgIpc) is 2.77. The first-order valence-electron chi connectivity index (χ1n) is 6.16. The van der Waals surface area contributed by atoms with Crippen molar-refractivity contribution in [2.24, 2.45) is 5.84 Å². The van der Waals surface area contributed by atoms with Crippen LogP contribution >= 0.6 is 11.3 Å². The Kier molecular flexibility index (Phi) is 3.88. The van der Waals surface area contributed by atoms with Gasteiger partial charge in [-0.25, -0.2) is 10.8 Å². The van der Waals surface area contributed by atoms with Crippen molar-refractivity contribution >= 4 is 33.3 Å². The summed E-state index contributed by atoms with van der Waals surface area (Å²) >= 11 is 1.63. The van der Waals surface area contributed by atoms with Crippen molar-refractivity contribution in [1.82, 2.24) is 9.97 Å². The smallest absolute Gasteiger partial charge is 0.240 e. The van der Waals surface area contributed by atoms with E-state index in [1.54, 1.807) is 25.2 Å². The number of nitrogen functional groups attached to an aromatic ring is 1. The van der Waals surface area contributed by atoms with Crippen LogP contribution in [0.1, 0.15) is 25.6 Å². The Morgan fingerprint density at radius 3 is 2.74 bits per heavy atom. The Hall–Kier alpha value is -1.44. The van der Waals surface area contributed by atoms with Crippen molar-refractivity contribution < 1.29 is 5.11 Å². The van der Waals surface area contributed by atoms with Gasteiger partial charge in [0.15, 0.2) is 0 Å². The zero-order chi connectivity index (χ0) is 14.0. The normalized spacial score (nSPS) is 11.8. The van der Waals surface area contributed by atoms with E-state index in [9.17, 15) is 5.11 Å². The van der Waals surface area contributed by atoms with E-state index in [0.29, 0.717) is 18.3 Å². The summed E-state index contributed by atoms with van der Waals surface area (Å²) in [5, 5.41) is 13.9. The molecule has 2 heterocycles. The molecule has 5 N–H and O–H groups in total. The van der Waals surface area contributed by atoms with Crippen LogP contribution in [-0.4, -0.2) is 27.2 Å². The predicted molar refractivity (Wildman–Crippen MR) is 79.4 cm³/mol. The number of hydrogen-bond acceptors (Lipinski definition) is 7. The average molecular weight is 281 g/mol. The minimum atomic E-state index is -0.808. The lowest BCUT2D eigenvalue weighted by Gasteiger charge is -2.18. The summed E-state index contributed by atoms with van der Waals surface area (Å²) in [7, 11) is 0. The summed E-state index contributed by atoms with van der Waals surface area (Å²) in [6, 6.07) is 2.08. The second-order valence-corrected chi connectivity index (χ2v) is 6.11. The van der Waals surface area contributed by atoms with Gasteiger partial charge in [-0.1, -0.05) is 6.92 Å². The summed E-state index contributed by atoms with van der Waals surface area (Å²) in [4.78, 5) is 10.8. The van der Waals surface area contributed by atoms with Crippen LogP contribution in [0.3, 0.4) is 0 Å². The van der Waals surface area contributed by atoms with E-state index in [4.69, 9.17) is 5.84 Å². The molecule has 0 aliphatic heterocycles. The van der Waals surface area contributed by atoms with Crippen molar-refractivity contribution in [1.29, 1.82) is 0 Å². The Balaban J connectivity index is 2.41. The fraction of sp³-hybridized carbons (Fsp3) is 0.500. The molecule has 0 unspecified atom stereocenters. The number of hydrazine groups is 1. The Labute approximate surface area is 116 Å². The third-order valence-electron chi connectivity index (χ3n) is 2.61. The third kappa shape index (κ3) is 3.31. The molecule has 7 heteroatoms. The Morgan fingerprint density at radius 2 is 2.16 bits per heavy atom. The van der Waals surface area contributed by atoms with Crippen LogP contribution in [0.25, 0.3) is 10.2 Å². The summed E-state index contributed by atoms with van der Waals surface area (Å²) in [5.74, 6) is 6.44.